The van der Waals surface area contributed by atoms with Crippen LogP contribution in [0.25, 0.3) is 10.4 Å². The smallest absolute Gasteiger partial charge is 0.414 e. The molecule has 156 valence electrons. The second-order valence-corrected chi connectivity index (χ2v) is 8.09. The van der Waals surface area contributed by atoms with E-state index >= 15 is 0 Å². The van der Waals surface area contributed by atoms with Gasteiger partial charge in [0, 0.05) is 29.4 Å². The van der Waals surface area contributed by atoms with Crippen LogP contribution in [0.3, 0.4) is 0 Å². The van der Waals surface area contributed by atoms with Crippen LogP contribution in [0.15, 0.2) is 29.4 Å². The Balaban J connectivity index is 1.54. The molecule has 0 saturated carbocycles. The Labute approximate surface area is 169 Å². The highest BCUT2D eigenvalue weighted by molar-refractivity contribution is 5.90. The highest BCUT2D eigenvalue weighted by Crippen LogP contribution is 2.26. The van der Waals surface area contributed by atoms with Crippen LogP contribution in [0.1, 0.15) is 20.8 Å². The lowest BCUT2D eigenvalue weighted by Gasteiger charge is -2.35. The molecule has 0 N–H and O–H groups in total. The summed E-state index contributed by atoms with van der Waals surface area (Å²) in [5, 5.41) is 5.17. The van der Waals surface area contributed by atoms with Gasteiger partial charge in [-0.15, -0.1) is 5.06 Å². The minimum absolute atomic E-state index is 0.126. The molecule has 10 heteroatoms. The van der Waals surface area contributed by atoms with E-state index in [4.69, 9.17) is 15.1 Å². The van der Waals surface area contributed by atoms with E-state index in [9.17, 15) is 9.59 Å². The summed E-state index contributed by atoms with van der Waals surface area (Å²) in [6.07, 6.45) is -0.868. The summed E-state index contributed by atoms with van der Waals surface area (Å²) >= 11 is 0. The van der Waals surface area contributed by atoms with Crippen LogP contribution in [-0.4, -0.2) is 62.5 Å². The predicted molar refractivity (Wildman–Crippen MR) is 107 cm³/mol. The second-order valence-electron chi connectivity index (χ2n) is 8.09. The van der Waals surface area contributed by atoms with Crippen LogP contribution in [0, 0.1) is 5.41 Å². The molecule has 0 radical (unpaired) electrons. The third-order valence-corrected chi connectivity index (χ3v) is 4.81. The fourth-order valence-electron chi connectivity index (χ4n) is 3.09. The first-order chi connectivity index (χ1) is 13.8. The third-order valence-electron chi connectivity index (χ3n) is 4.81. The topological polar surface area (TPSA) is 111 Å². The van der Waals surface area contributed by atoms with Crippen molar-refractivity contribution in [2.24, 2.45) is 10.5 Å². The largest absolute Gasteiger partial charge is 0.444 e. The molecule has 0 bridgehead atoms. The van der Waals surface area contributed by atoms with Crippen molar-refractivity contribution in [3.8, 4) is 0 Å². The van der Waals surface area contributed by atoms with Crippen molar-refractivity contribution in [1.82, 2.24) is 5.06 Å². The van der Waals surface area contributed by atoms with Gasteiger partial charge in [0.05, 0.1) is 31.6 Å². The summed E-state index contributed by atoms with van der Waals surface area (Å²) in [7, 11) is 0. The number of ether oxygens (including phenoxy) is 1. The van der Waals surface area contributed by atoms with Gasteiger partial charge in [-0.2, -0.15) is 0 Å². The van der Waals surface area contributed by atoms with E-state index in [1.165, 1.54) is 4.90 Å². The van der Waals surface area contributed by atoms with Crippen LogP contribution >= 0.6 is 0 Å². The number of rotatable bonds is 5. The molecular formula is C19H26N6O4. The quantitative estimate of drug-likeness (QED) is 0.425. The number of azide groups is 1. The van der Waals surface area contributed by atoms with Crippen LogP contribution < -0.4 is 9.80 Å². The van der Waals surface area contributed by atoms with Gasteiger partial charge in [0.1, 0.15) is 6.10 Å². The second kappa shape index (κ2) is 8.59. The first kappa shape index (κ1) is 20.8. The fraction of sp³-hybridized carbons (Fsp3) is 0.579. The number of cyclic esters (lactones) is 1. The van der Waals surface area contributed by atoms with Gasteiger partial charge in [-0.1, -0.05) is 5.11 Å². The van der Waals surface area contributed by atoms with Crippen molar-refractivity contribution < 1.29 is 19.2 Å². The Hall–Kier alpha value is -2.97. The highest BCUT2D eigenvalue weighted by atomic mass is 16.7. The standard InChI is InChI=1S/C19H26N6O4/c1-19(2,3)17(26)29-24-10-8-23(9-11-24)14-4-6-15(7-5-14)25-13-16(12-21-22-20)28-18(25)27/h4-7,16H,8-13H2,1-3H3/t16-/m0/s1. The number of hydroxylamine groups is 2. The molecule has 1 amide bonds. The molecule has 1 aromatic carbocycles. The number of amides is 1. The number of hydrogen-bond donors (Lipinski definition) is 0. The van der Waals surface area contributed by atoms with Crippen molar-refractivity contribution >= 4 is 23.4 Å². The van der Waals surface area contributed by atoms with E-state index < -0.39 is 17.6 Å². The summed E-state index contributed by atoms with van der Waals surface area (Å²) in [5.74, 6) is -0.230. The van der Waals surface area contributed by atoms with Crippen molar-refractivity contribution in [2.75, 3.05) is 49.1 Å². The number of anilines is 2. The van der Waals surface area contributed by atoms with Crippen molar-refractivity contribution in [3.05, 3.63) is 34.7 Å². The van der Waals surface area contributed by atoms with Gasteiger partial charge < -0.3 is 14.5 Å². The predicted octanol–water partition coefficient (Wildman–Crippen LogP) is 2.95. The average molecular weight is 402 g/mol. The molecule has 2 aliphatic heterocycles. The van der Waals surface area contributed by atoms with Gasteiger partial charge in [0.25, 0.3) is 0 Å². The minimum atomic E-state index is -0.524. The molecule has 3 rings (SSSR count). The normalized spacial score (nSPS) is 20.2. The summed E-state index contributed by atoms with van der Waals surface area (Å²) in [5.41, 5.74) is 9.64. The maximum Gasteiger partial charge on any atom is 0.414 e. The number of benzene rings is 1. The van der Waals surface area contributed by atoms with Gasteiger partial charge in [0.15, 0.2) is 0 Å². The molecule has 0 aromatic heterocycles. The zero-order valence-corrected chi connectivity index (χ0v) is 16.9. The van der Waals surface area contributed by atoms with Gasteiger partial charge in [0.2, 0.25) is 0 Å². The molecule has 1 atom stereocenters. The molecule has 0 aliphatic carbocycles. The molecule has 2 fully saturated rings. The molecular weight excluding hydrogens is 376 g/mol. The van der Waals surface area contributed by atoms with E-state index in [1.807, 2.05) is 45.0 Å². The van der Waals surface area contributed by atoms with Crippen LogP contribution in [0.4, 0.5) is 16.2 Å². The van der Waals surface area contributed by atoms with E-state index in [0.717, 1.165) is 24.5 Å². The summed E-state index contributed by atoms with van der Waals surface area (Å²) in [4.78, 5) is 35.9. The van der Waals surface area contributed by atoms with Gasteiger partial charge in [-0.25, -0.2) is 9.59 Å². The van der Waals surface area contributed by atoms with Gasteiger partial charge in [-0.3, -0.25) is 4.90 Å². The molecule has 2 aliphatic rings. The van der Waals surface area contributed by atoms with E-state index in [2.05, 4.69) is 14.9 Å². The SMILES string of the molecule is CC(C)(C)C(=O)ON1CCN(c2ccc(N3C[C@H](CN=[N+]=[N-])OC3=O)cc2)CC1. The highest BCUT2D eigenvalue weighted by Gasteiger charge is 2.32. The van der Waals surface area contributed by atoms with Crippen LogP contribution in [0.2, 0.25) is 0 Å². The van der Waals surface area contributed by atoms with E-state index in [-0.39, 0.29) is 12.5 Å². The maximum absolute atomic E-state index is 12.0. The first-order valence-electron chi connectivity index (χ1n) is 9.59. The summed E-state index contributed by atoms with van der Waals surface area (Å²) < 4.78 is 5.21. The molecule has 0 unspecified atom stereocenters. The lowest BCUT2D eigenvalue weighted by Crippen LogP contribution is -2.48. The van der Waals surface area contributed by atoms with Crippen LogP contribution in [-0.2, 0) is 14.4 Å². The fourth-order valence-corrected chi connectivity index (χ4v) is 3.09. The van der Waals surface area contributed by atoms with Crippen molar-refractivity contribution in [2.45, 2.75) is 26.9 Å². The number of carbonyl (C=O) groups excluding carboxylic acids is 2. The van der Waals surface area contributed by atoms with E-state index in [1.54, 1.807) is 5.06 Å². The average Bonchev–Trinajstić information content (AvgIpc) is 3.07. The lowest BCUT2D eigenvalue weighted by molar-refractivity contribution is -0.201. The zero-order valence-electron chi connectivity index (χ0n) is 16.9. The lowest BCUT2D eigenvalue weighted by atomic mass is 9.98. The Bertz CT molecular complexity index is 792. The summed E-state index contributed by atoms with van der Waals surface area (Å²) in [6, 6.07) is 7.66. The molecule has 29 heavy (non-hydrogen) atoms. The first-order valence-corrected chi connectivity index (χ1v) is 9.59. The number of nitrogens with zero attached hydrogens (tertiary/aromatic N) is 6. The van der Waals surface area contributed by atoms with E-state index in [0.29, 0.717) is 19.6 Å². The van der Waals surface area contributed by atoms with Crippen molar-refractivity contribution in [3.63, 3.8) is 0 Å². The monoisotopic (exact) mass is 402 g/mol. The van der Waals surface area contributed by atoms with Crippen LogP contribution in [0.5, 0.6) is 0 Å². The molecule has 2 heterocycles. The third kappa shape index (κ3) is 5.10. The molecule has 2 saturated heterocycles. The maximum atomic E-state index is 12.0. The Morgan fingerprint density at radius 1 is 1.21 bits per heavy atom. The number of piperazine rings is 1. The molecule has 1 aromatic rings. The van der Waals surface area contributed by atoms with Gasteiger partial charge >= 0.3 is 12.1 Å². The number of carbonyl (C=O) groups is 2. The minimum Gasteiger partial charge on any atom is -0.444 e. The van der Waals surface area contributed by atoms with Gasteiger partial charge in [-0.05, 0) is 50.6 Å². The number of hydrogen-bond acceptors (Lipinski definition) is 7. The van der Waals surface area contributed by atoms with Crippen molar-refractivity contribution in [1.29, 1.82) is 0 Å². The molecule has 0 spiro atoms. The molecule has 10 nitrogen and oxygen atoms in total. The Kier molecular flexibility index (Phi) is 6.14. The Morgan fingerprint density at radius 2 is 1.83 bits per heavy atom. The Morgan fingerprint density at radius 3 is 2.41 bits per heavy atom. The zero-order chi connectivity index (χ0) is 21.0. The summed E-state index contributed by atoms with van der Waals surface area (Å²) in [6.45, 7) is 8.71.